The van der Waals surface area contributed by atoms with E-state index in [4.69, 9.17) is 4.74 Å². The Balaban J connectivity index is 2.38. The van der Waals surface area contributed by atoms with E-state index in [1.807, 2.05) is 7.05 Å². The van der Waals surface area contributed by atoms with Crippen LogP contribution in [-0.2, 0) is 9.53 Å². The summed E-state index contributed by atoms with van der Waals surface area (Å²) in [4.78, 5) is 13.6. The second-order valence-electron chi connectivity index (χ2n) is 4.98. The Labute approximate surface area is 98.3 Å². The number of hydrogen-bond donors (Lipinski definition) is 1. The van der Waals surface area contributed by atoms with E-state index < -0.39 is 0 Å². The number of rotatable bonds is 4. The van der Waals surface area contributed by atoms with Crippen LogP contribution in [0, 0.1) is 0 Å². The van der Waals surface area contributed by atoms with E-state index in [9.17, 15) is 4.79 Å². The zero-order valence-electron chi connectivity index (χ0n) is 10.9. The van der Waals surface area contributed by atoms with E-state index in [2.05, 4.69) is 24.1 Å². The lowest BCUT2D eigenvalue weighted by Gasteiger charge is -2.41. The zero-order valence-corrected chi connectivity index (χ0v) is 10.9. The fourth-order valence-electron chi connectivity index (χ4n) is 2.16. The summed E-state index contributed by atoms with van der Waals surface area (Å²) in [5.74, 6) is -0.116. The van der Waals surface area contributed by atoms with Gasteiger partial charge in [0.2, 0.25) is 0 Å². The Morgan fingerprint density at radius 1 is 1.50 bits per heavy atom. The molecule has 0 bridgehead atoms. The number of hydrogen-bond acceptors (Lipinski definition) is 4. The van der Waals surface area contributed by atoms with Gasteiger partial charge in [0.25, 0.3) is 0 Å². The van der Waals surface area contributed by atoms with Crippen molar-refractivity contribution in [3.63, 3.8) is 0 Å². The smallest absolute Gasteiger partial charge is 0.307 e. The maximum absolute atomic E-state index is 11.2. The van der Waals surface area contributed by atoms with Crippen molar-refractivity contribution < 1.29 is 9.53 Å². The molecular weight excluding hydrogens is 204 g/mol. The largest absolute Gasteiger partial charge is 0.469 e. The molecule has 0 aromatic carbocycles. The van der Waals surface area contributed by atoms with Crippen molar-refractivity contribution >= 4 is 5.97 Å². The fourth-order valence-corrected chi connectivity index (χ4v) is 2.16. The van der Waals surface area contributed by atoms with Crippen LogP contribution in [-0.4, -0.2) is 49.7 Å². The first kappa shape index (κ1) is 13.5. The molecule has 0 radical (unpaired) electrons. The Morgan fingerprint density at radius 2 is 2.06 bits per heavy atom. The Morgan fingerprint density at radius 3 is 2.50 bits per heavy atom. The van der Waals surface area contributed by atoms with Gasteiger partial charge in [-0.05, 0) is 33.7 Å². The molecule has 1 fully saturated rings. The van der Waals surface area contributed by atoms with Gasteiger partial charge in [-0.1, -0.05) is 0 Å². The minimum absolute atomic E-state index is 0.116. The second kappa shape index (κ2) is 5.64. The Hall–Kier alpha value is -0.610. The molecule has 0 saturated carbocycles. The lowest BCUT2D eigenvalue weighted by molar-refractivity contribution is -0.142. The van der Waals surface area contributed by atoms with Crippen LogP contribution in [0.25, 0.3) is 0 Å². The number of nitrogens with one attached hydrogen (secondary N) is 1. The fraction of sp³-hybridized carbons (Fsp3) is 0.917. The normalized spacial score (nSPS) is 22.8. The van der Waals surface area contributed by atoms with Gasteiger partial charge in [0, 0.05) is 24.7 Å². The molecule has 16 heavy (non-hydrogen) atoms. The number of ether oxygens (including phenoxy) is 1. The number of methoxy groups -OCH3 is 1. The first-order valence-electron chi connectivity index (χ1n) is 6.00. The average Bonchev–Trinajstić information content (AvgIpc) is 2.29. The molecule has 0 amide bonds. The van der Waals surface area contributed by atoms with Crippen LogP contribution in [0.5, 0.6) is 0 Å². The molecule has 1 unspecified atom stereocenters. The summed E-state index contributed by atoms with van der Waals surface area (Å²) in [7, 11) is 3.47. The third-order valence-corrected chi connectivity index (χ3v) is 3.82. The van der Waals surface area contributed by atoms with Crippen molar-refractivity contribution in [2.45, 2.75) is 44.7 Å². The molecule has 1 aliphatic heterocycles. The maximum Gasteiger partial charge on any atom is 0.307 e. The highest BCUT2D eigenvalue weighted by atomic mass is 16.5. The highest BCUT2D eigenvalue weighted by molar-refractivity contribution is 5.69. The first-order chi connectivity index (χ1) is 7.50. The van der Waals surface area contributed by atoms with Crippen molar-refractivity contribution in [1.82, 2.24) is 10.2 Å². The van der Waals surface area contributed by atoms with Gasteiger partial charge < -0.3 is 10.1 Å². The van der Waals surface area contributed by atoms with Gasteiger partial charge in [-0.15, -0.1) is 0 Å². The molecule has 1 rings (SSSR count). The van der Waals surface area contributed by atoms with E-state index in [-0.39, 0.29) is 17.6 Å². The minimum atomic E-state index is -0.116. The number of carbonyl (C=O) groups excluding carboxylic acids is 1. The summed E-state index contributed by atoms with van der Waals surface area (Å²) < 4.78 is 4.70. The molecule has 1 saturated heterocycles. The van der Waals surface area contributed by atoms with E-state index in [1.165, 1.54) is 7.11 Å². The lowest BCUT2D eigenvalue weighted by Crippen LogP contribution is -2.52. The highest BCUT2D eigenvalue weighted by Gasteiger charge is 2.30. The molecule has 94 valence electrons. The van der Waals surface area contributed by atoms with Crippen molar-refractivity contribution in [3.05, 3.63) is 0 Å². The van der Waals surface area contributed by atoms with E-state index in [1.54, 1.807) is 0 Å². The Bertz CT molecular complexity index is 235. The molecule has 0 spiro atoms. The molecule has 1 heterocycles. The number of piperidine rings is 1. The molecule has 1 aliphatic rings. The minimum Gasteiger partial charge on any atom is -0.469 e. The molecule has 4 nitrogen and oxygen atoms in total. The molecule has 1 atom stereocenters. The lowest BCUT2D eigenvalue weighted by atomic mass is 9.89. The number of likely N-dealkylation sites (tertiary alicyclic amines) is 1. The molecule has 1 N–H and O–H groups in total. The highest BCUT2D eigenvalue weighted by Crippen LogP contribution is 2.23. The predicted octanol–water partition coefficient (Wildman–Crippen LogP) is 1.01. The summed E-state index contributed by atoms with van der Waals surface area (Å²) in [5, 5.41) is 3.37. The maximum atomic E-state index is 11.2. The third-order valence-electron chi connectivity index (χ3n) is 3.82. The molecule has 0 aliphatic carbocycles. The topological polar surface area (TPSA) is 41.6 Å². The number of carbonyl (C=O) groups is 1. The summed E-state index contributed by atoms with van der Waals surface area (Å²) in [6.07, 6.45) is 2.76. The third kappa shape index (κ3) is 3.46. The van der Waals surface area contributed by atoms with E-state index >= 15 is 0 Å². The molecule has 4 heteroatoms. The summed E-state index contributed by atoms with van der Waals surface area (Å²) in [6, 6.07) is 0.286. The first-order valence-corrected chi connectivity index (χ1v) is 6.00. The van der Waals surface area contributed by atoms with Crippen LogP contribution < -0.4 is 5.32 Å². The SMILES string of the molecule is CNC1(C)CCN(C(C)CC(=O)OC)CC1. The second-order valence-corrected chi connectivity index (χ2v) is 4.98. The average molecular weight is 228 g/mol. The van der Waals surface area contributed by atoms with E-state index in [0.29, 0.717) is 6.42 Å². The van der Waals surface area contributed by atoms with Gasteiger partial charge in [-0.2, -0.15) is 0 Å². The monoisotopic (exact) mass is 228 g/mol. The molecule has 0 aromatic heterocycles. The van der Waals surface area contributed by atoms with E-state index in [0.717, 1.165) is 25.9 Å². The Kier molecular flexibility index (Phi) is 4.74. The predicted molar refractivity (Wildman–Crippen MR) is 64.4 cm³/mol. The summed E-state index contributed by atoms with van der Waals surface area (Å²) in [5.41, 5.74) is 0.265. The summed E-state index contributed by atoms with van der Waals surface area (Å²) in [6.45, 7) is 6.46. The van der Waals surface area contributed by atoms with Crippen LogP contribution in [0.1, 0.15) is 33.1 Å². The van der Waals surface area contributed by atoms with Crippen LogP contribution in [0.15, 0.2) is 0 Å². The van der Waals surface area contributed by atoms with Gasteiger partial charge in [0.15, 0.2) is 0 Å². The van der Waals surface area contributed by atoms with Crippen molar-refractivity contribution in [1.29, 1.82) is 0 Å². The zero-order chi connectivity index (χ0) is 12.2. The standard InChI is InChI=1S/C12H24N2O2/c1-10(9-11(15)16-4)14-7-5-12(2,13-3)6-8-14/h10,13H,5-9H2,1-4H3. The van der Waals surface area contributed by atoms with Gasteiger partial charge >= 0.3 is 5.97 Å². The quantitative estimate of drug-likeness (QED) is 0.729. The van der Waals surface area contributed by atoms with Crippen LogP contribution in [0.3, 0.4) is 0 Å². The summed E-state index contributed by atoms with van der Waals surface area (Å²) >= 11 is 0. The van der Waals surface area contributed by atoms with Gasteiger partial charge in [-0.25, -0.2) is 0 Å². The van der Waals surface area contributed by atoms with Crippen LogP contribution in [0.4, 0.5) is 0 Å². The van der Waals surface area contributed by atoms with Crippen molar-refractivity contribution in [2.24, 2.45) is 0 Å². The molecule has 0 aromatic rings. The van der Waals surface area contributed by atoms with Crippen LogP contribution in [0.2, 0.25) is 0 Å². The van der Waals surface area contributed by atoms with Gasteiger partial charge in [-0.3, -0.25) is 9.69 Å². The van der Waals surface area contributed by atoms with Crippen molar-refractivity contribution in [2.75, 3.05) is 27.2 Å². The molecular formula is C12H24N2O2. The van der Waals surface area contributed by atoms with Crippen LogP contribution >= 0.6 is 0 Å². The number of nitrogens with zero attached hydrogens (tertiary/aromatic N) is 1. The van der Waals surface area contributed by atoms with Gasteiger partial charge in [0.05, 0.1) is 13.5 Å². The van der Waals surface area contributed by atoms with Crippen molar-refractivity contribution in [3.8, 4) is 0 Å². The number of esters is 1. The van der Waals surface area contributed by atoms with Gasteiger partial charge in [0.1, 0.15) is 0 Å².